The van der Waals surface area contributed by atoms with Gasteiger partial charge in [-0.15, -0.1) is 0 Å². The maximum Gasteiger partial charge on any atom is 0.309 e. The molecule has 0 unspecified atom stereocenters. The van der Waals surface area contributed by atoms with E-state index in [2.05, 4.69) is 0 Å². The van der Waals surface area contributed by atoms with Crippen molar-refractivity contribution >= 4 is 11.9 Å². The van der Waals surface area contributed by atoms with Crippen LogP contribution in [0.15, 0.2) is 24.3 Å². The number of carbonyl (C=O) groups is 2. The molecule has 1 fully saturated rings. The zero-order chi connectivity index (χ0) is 12.6. The second-order valence-corrected chi connectivity index (χ2v) is 4.51. The quantitative estimate of drug-likeness (QED) is 0.844. The van der Waals surface area contributed by atoms with E-state index < -0.39 is 11.9 Å². The van der Waals surface area contributed by atoms with Crippen LogP contribution >= 0.6 is 0 Å². The van der Waals surface area contributed by atoms with Crippen LogP contribution in [0, 0.1) is 12.8 Å². The van der Waals surface area contributed by atoms with Gasteiger partial charge in [-0.05, 0) is 12.5 Å². The van der Waals surface area contributed by atoms with Crippen LogP contribution in [0.2, 0.25) is 0 Å². The fourth-order valence-corrected chi connectivity index (χ4v) is 2.40. The van der Waals surface area contributed by atoms with Gasteiger partial charge in [-0.1, -0.05) is 29.8 Å². The third-order valence-electron chi connectivity index (χ3n) is 3.29. The number of likely N-dealkylation sites (tertiary alicyclic amines) is 1. The Morgan fingerprint density at radius 1 is 1.47 bits per heavy atom. The molecule has 90 valence electrons. The Kier molecular flexibility index (Phi) is 2.88. The number of aliphatic carboxylic acids is 1. The summed E-state index contributed by atoms with van der Waals surface area (Å²) in [6, 6.07) is 7.31. The predicted octanol–water partition coefficient (Wildman–Crippen LogP) is 1.60. The number of benzene rings is 1. The lowest BCUT2D eigenvalue weighted by Gasteiger charge is -2.23. The monoisotopic (exact) mass is 233 g/mol. The van der Waals surface area contributed by atoms with Gasteiger partial charge < -0.3 is 10.0 Å². The van der Waals surface area contributed by atoms with Crippen molar-refractivity contribution in [3.63, 3.8) is 0 Å². The Bertz CT molecular complexity index is 469. The molecule has 17 heavy (non-hydrogen) atoms. The Labute approximate surface area is 99.9 Å². The molecule has 0 saturated carbocycles. The number of carboxylic acid groups (broad SMARTS) is 1. The molecule has 4 nitrogen and oxygen atoms in total. The summed E-state index contributed by atoms with van der Waals surface area (Å²) in [4.78, 5) is 24.3. The number of carboxylic acids is 1. The zero-order valence-electron chi connectivity index (χ0n) is 9.88. The molecule has 1 amide bonds. The first-order valence-electron chi connectivity index (χ1n) is 5.55. The molecule has 1 heterocycles. The maximum absolute atomic E-state index is 11.6. The minimum Gasteiger partial charge on any atom is -0.481 e. The first kappa shape index (κ1) is 11.6. The van der Waals surface area contributed by atoms with Crippen molar-refractivity contribution in [1.82, 2.24) is 4.90 Å². The highest BCUT2D eigenvalue weighted by molar-refractivity contribution is 5.87. The molecule has 2 rings (SSSR count). The van der Waals surface area contributed by atoms with Gasteiger partial charge in [0.15, 0.2) is 0 Å². The van der Waals surface area contributed by atoms with Gasteiger partial charge in [-0.2, -0.15) is 0 Å². The average Bonchev–Trinajstić information content (AvgIpc) is 2.56. The standard InChI is InChI=1S/C13H15NO3/c1-8-4-3-5-9(6-8)12-10(13(16)17)7-11(15)14(12)2/h3-6,10,12H,7H2,1-2H3,(H,16,17)/t10-,12+/m0/s1. The van der Waals surface area contributed by atoms with E-state index in [1.807, 2.05) is 31.2 Å². The second kappa shape index (κ2) is 4.20. The van der Waals surface area contributed by atoms with Crippen LogP contribution in [0.3, 0.4) is 0 Å². The van der Waals surface area contributed by atoms with Crippen LogP contribution in [0.4, 0.5) is 0 Å². The number of nitrogens with zero attached hydrogens (tertiary/aromatic N) is 1. The smallest absolute Gasteiger partial charge is 0.309 e. The van der Waals surface area contributed by atoms with Crippen LogP contribution < -0.4 is 0 Å². The second-order valence-electron chi connectivity index (χ2n) is 4.51. The summed E-state index contributed by atoms with van der Waals surface area (Å²) in [5, 5.41) is 9.17. The summed E-state index contributed by atoms with van der Waals surface area (Å²) < 4.78 is 0. The van der Waals surface area contributed by atoms with E-state index in [0.29, 0.717) is 0 Å². The average molecular weight is 233 g/mol. The van der Waals surface area contributed by atoms with Crippen molar-refractivity contribution in [1.29, 1.82) is 0 Å². The molecule has 2 atom stereocenters. The summed E-state index contributed by atoms with van der Waals surface area (Å²) in [5.74, 6) is -1.66. The first-order valence-corrected chi connectivity index (χ1v) is 5.55. The Morgan fingerprint density at radius 2 is 2.18 bits per heavy atom. The highest BCUT2D eigenvalue weighted by atomic mass is 16.4. The Morgan fingerprint density at radius 3 is 2.76 bits per heavy atom. The summed E-state index contributed by atoms with van der Waals surface area (Å²) in [6.07, 6.45) is 0.0877. The molecule has 1 N–H and O–H groups in total. The molecule has 0 aliphatic carbocycles. The molecule has 1 aliphatic rings. The molecular weight excluding hydrogens is 218 g/mol. The first-order chi connectivity index (χ1) is 8.00. The molecule has 1 aromatic carbocycles. The number of hydrogen-bond donors (Lipinski definition) is 1. The number of carbonyl (C=O) groups excluding carboxylic acids is 1. The van der Waals surface area contributed by atoms with Gasteiger partial charge in [0, 0.05) is 13.5 Å². The fraction of sp³-hybridized carbons (Fsp3) is 0.385. The number of hydrogen-bond acceptors (Lipinski definition) is 2. The van der Waals surface area contributed by atoms with Gasteiger partial charge in [0.05, 0.1) is 12.0 Å². The summed E-state index contributed by atoms with van der Waals surface area (Å²) in [6.45, 7) is 1.95. The number of rotatable bonds is 2. The van der Waals surface area contributed by atoms with Crippen molar-refractivity contribution < 1.29 is 14.7 Å². The van der Waals surface area contributed by atoms with Crippen LogP contribution in [0.1, 0.15) is 23.6 Å². The Hall–Kier alpha value is -1.84. The molecule has 1 aromatic rings. The lowest BCUT2D eigenvalue weighted by atomic mass is 9.93. The van der Waals surface area contributed by atoms with Gasteiger partial charge in [0.25, 0.3) is 0 Å². The third kappa shape index (κ3) is 2.02. The SMILES string of the molecule is Cc1cccc([C@@H]2[C@@H](C(=O)O)CC(=O)N2C)c1. The predicted molar refractivity (Wildman–Crippen MR) is 62.4 cm³/mol. The molecule has 1 aliphatic heterocycles. The Balaban J connectivity index is 2.40. The van der Waals surface area contributed by atoms with Gasteiger partial charge in [0.2, 0.25) is 5.91 Å². The van der Waals surface area contributed by atoms with E-state index in [1.165, 1.54) is 4.90 Å². The van der Waals surface area contributed by atoms with E-state index in [1.54, 1.807) is 7.05 Å². The van der Waals surface area contributed by atoms with E-state index >= 15 is 0 Å². The van der Waals surface area contributed by atoms with Crippen molar-refractivity contribution in [2.45, 2.75) is 19.4 Å². The summed E-state index contributed by atoms with van der Waals surface area (Å²) >= 11 is 0. The van der Waals surface area contributed by atoms with Gasteiger partial charge in [-0.25, -0.2) is 0 Å². The highest BCUT2D eigenvalue weighted by Crippen LogP contribution is 2.37. The fourth-order valence-electron chi connectivity index (χ4n) is 2.40. The van der Waals surface area contributed by atoms with Gasteiger partial charge >= 0.3 is 5.97 Å². The molecule has 4 heteroatoms. The largest absolute Gasteiger partial charge is 0.481 e. The van der Waals surface area contributed by atoms with Crippen molar-refractivity contribution in [2.75, 3.05) is 7.05 Å². The van der Waals surface area contributed by atoms with E-state index in [0.717, 1.165) is 11.1 Å². The van der Waals surface area contributed by atoms with Crippen LogP contribution in [0.25, 0.3) is 0 Å². The van der Waals surface area contributed by atoms with Crippen LogP contribution in [-0.2, 0) is 9.59 Å². The molecule has 0 aromatic heterocycles. The number of aryl methyl sites for hydroxylation is 1. The lowest BCUT2D eigenvalue weighted by Crippen LogP contribution is -2.26. The molecule has 0 radical (unpaired) electrons. The normalized spacial score (nSPS) is 24.1. The van der Waals surface area contributed by atoms with Crippen LogP contribution in [0.5, 0.6) is 0 Å². The van der Waals surface area contributed by atoms with Crippen LogP contribution in [-0.4, -0.2) is 28.9 Å². The molecule has 1 saturated heterocycles. The summed E-state index contributed by atoms with van der Waals surface area (Å²) in [5.41, 5.74) is 1.96. The topological polar surface area (TPSA) is 57.6 Å². The van der Waals surface area contributed by atoms with E-state index in [9.17, 15) is 14.7 Å². The summed E-state index contributed by atoms with van der Waals surface area (Å²) in [7, 11) is 1.66. The van der Waals surface area contributed by atoms with Crippen molar-refractivity contribution in [3.05, 3.63) is 35.4 Å². The number of amides is 1. The van der Waals surface area contributed by atoms with Gasteiger partial charge in [-0.3, -0.25) is 9.59 Å². The minimum atomic E-state index is -0.908. The van der Waals surface area contributed by atoms with Gasteiger partial charge in [0.1, 0.15) is 0 Å². The van der Waals surface area contributed by atoms with E-state index in [-0.39, 0.29) is 18.4 Å². The van der Waals surface area contributed by atoms with Crippen molar-refractivity contribution in [3.8, 4) is 0 Å². The molecule has 0 spiro atoms. The lowest BCUT2D eigenvalue weighted by molar-refractivity contribution is -0.142. The minimum absolute atomic E-state index is 0.0877. The zero-order valence-corrected chi connectivity index (χ0v) is 9.88. The maximum atomic E-state index is 11.6. The highest BCUT2D eigenvalue weighted by Gasteiger charge is 2.42. The van der Waals surface area contributed by atoms with Crippen molar-refractivity contribution in [2.24, 2.45) is 5.92 Å². The molecule has 0 bridgehead atoms. The molecular formula is C13H15NO3. The third-order valence-corrected chi connectivity index (χ3v) is 3.29. The van der Waals surface area contributed by atoms with E-state index in [4.69, 9.17) is 0 Å².